The SMILES string of the molecule is COc1ccc(-c2ccc(C(=O)O)nn2)cc1. The minimum atomic E-state index is -1.08. The van der Waals surface area contributed by atoms with Crippen molar-refractivity contribution in [1.29, 1.82) is 0 Å². The first kappa shape index (κ1) is 11.1. The van der Waals surface area contributed by atoms with Crippen LogP contribution in [0.15, 0.2) is 36.4 Å². The number of hydrogen-bond donors (Lipinski definition) is 1. The molecule has 5 heteroatoms. The summed E-state index contributed by atoms with van der Waals surface area (Å²) >= 11 is 0. The second-order valence-electron chi connectivity index (χ2n) is 3.34. The Hall–Kier alpha value is -2.43. The molecule has 2 rings (SSSR count). The quantitative estimate of drug-likeness (QED) is 0.871. The summed E-state index contributed by atoms with van der Waals surface area (Å²) in [6, 6.07) is 10.3. The molecule has 0 aliphatic rings. The molecule has 0 saturated heterocycles. The molecule has 0 atom stereocenters. The summed E-state index contributed by atoms with van der Waals surface area (Å²) in [6.45, 7) is 0. The second kappa shape index (κ2) is 4.61. The fraction of sp³-hybridized carbons (Fsp3) is 0.0833. The summed E-state index contributed by atoms with van der Waals surface area (Å²) in [5.74, 6) is -0.331. The van der Waals surface area contributed by atoms with E-state index in [4.69, 9.17) is 9.84 Å². The zero-order valence-corrected chi connectivity index (χ0v) is 9.12. The van der Waals surface area contributed by atoms with Gasteiger partial charge in [-0.05, 0) is 36.4 Å². The summed E-state index contributed by atoms with van der Waals surface area (Å²) in [6.07, 6.45) is 0. The van der Waals surface area contributed by atoms with Crippen LogP contribution >= 0.6 is 0 Å². The average Bonchev–Trinajstić information content (AvgIpc) is 2.39. The lowest BCUT2D eigenvalue weighted by molar-refractivity contribution is 0.0689. The van der Waals surface area contributed by atoms with Gasteiger partial charge in [0.2, 0.25) is 0 Å². The highest BCUT2D eigenvalue weighted by Gasteiger charge is 2.06. The summed E-state index contributed by atoms with van der Waals surface area (Å²) in [4.78, 5) is 10.6. The molecule has 1 N–H and O–H groups in total. The van der Waals surface area contributed by atoms with Crippen molar-refractivity contribution in [2.75, 3.05) is 7.11 Å². The van der Waals surface area contributed by atoms with Gasteiger partial charge < -0.3 is 9.84 Å². The van der Waals surface area contributed by atoms with Crippen molar-refractivity contribution in [2.24, 2.45) is 0 Å². The molecule has 0 aliphatic heterocycles. The van der Waals surface area contributed by atoms with Crippen molar-refractivity contribution >= 4 is 5.97 Å². The van der Waals surface area contributed by atoms with Gasteiger partial charge in [-0.2, -0.15) is 0 Å². The standard InChI is InChI=1S/C12H10N2O3/c1-17-9-4-2-8(3-5-9)10-6-7-11(12(15)16)14-13-10/h2-7H,1H3,(H,15,16). The van der Waals surface area contributed by atoms with Crippen LogP contribution < -0.4 is 4.74 Å². The Balaban J connectivity index is 2.29. The maximum atomic E-state index is 10.6. The molecule has 5 nitrogen and oxygen atoms in total. The van der Waals surface area contributed by atoms with Crippen molar-refractivity contribution < 1.29 is 14.6 Å². The van der Waals surface area contributed by atoms with Gasteiger partial charge in [-0.1, -0.05) is 0 Å². The van der Waals surface area contributed by atoms with Gasteiger partial charge in [-0.15, -0.1) is 10.2 Å². The zero-order chi connectivity index (χ0) is 12.3. The molecule has 0 aliphatic carbocycles. The largest absolute Gasteiger partial charge is 0.497 e. The molecule has 2 aromatic rings. The van der Waals surface area contributed by atoms with E-state index in [1.165, 1.54) is 6.07 Å². The van der Waals surface area contributed by atoms with E-state index in [2.05, 4.69) is 10.2 Å². The molecule has 0 spiro atoms. The smallest absolute Gasteiger partial charge is 0.356 e. The van der Waals surface area contributed by atoms with Crippen LogP contribution in [0.1, 0.15) is 10.5 Å². The molecule has 0 bridgehead atoms. The normalized spacial score (nSPS) is 9.94. The summed E-state index contributed by atoms with van der Waals surface area (Å²) < 4.78 is 5.04. The monoisotopic (exact) mass is 230 g/mol. The molecule has 1 heterocycles. The van der Waals surface area contributed by atoms with E-state index >= 15 is 0 Å². The van der Waals surface area contributed by atoms with Gasteiger partial charge in [0.25, 0.3) is 0 Å². The highest BCUT2D eigenvalue weighted by atomic mass is 16.5. The first-order valence-corrected chi connectivity index (χ1v) is 4.92. The number of carboxylic acid groups (broad SMARTS) is 1. The first-order chi connectivity index (χ1) is 8.20. The number of ether oxygens (including phenoxy) is 1. The van der Waals surface area contributed by atoms with Crippen molar-refractivity contribution in [3.05, 3.63) is 42.1 Å². The van der Waals surface area contributed by atoms with E-state index in [1.807, 2.05) is 24.3 Å². The van der Waals surface area contributed by atoms with Gasteiger partial charge >= 0.3 is 5.97 Å². The molecule has 0 amide bonds. The van der Waals surface area contributed by atoms with E-state index in [9.17, 15) is 4.79 Å². The molecule has 1 aromatic carbocycles. The number of benzene rings is 1. The minimum Gasteiger partial charge on any atom is -0.497 e. The topological polar surface area (TPSA) is 72.3 Å². The molecule has 86 valence electrons. The number of aromatic nitrogens is 2. The van der Waals surface area contributed by atoms with Gasteiger partial charge in [-0.25, -0.2) is 4.79 Å². The van der Waals surface area contributed by atoms with E-state index in [1.54, 1.807) is 13.2 Å². The van der Waals surface area contributed by atoms with Crippen LogP contribution in [-0.4, -0.2) is 28.4 Å². The van der Waals surface area contributed by atoms with Crippen LogP contribution in [0.4, 0.5) is 0 Å². The molecule has 1 aromatic heterocycles. The van der Waals surface area contributed by atoms with Crippen LogP contribution in [0.25, 0.3) is 11.3 Å². The Kier molecular flexibility index (Phi) is 3.00. The maximum absolute atomic E-state index is 10.6. The summed E-state index contributed by atoms with van der Waals surface area (Å²) in [5, 5.41) is 16.2. The predicted molar refractivity (Wildman–Crippen MR) is 61.0 cm³/mol. The van der Waals surface area contributed by atoms with Gasteiger partial charge in [0.1, 0.15) is 5.75 Å². The van der Waals surface area contributed by atoms with E-state index in [0.717, 1.165) is 11.3 Å². The Morgan fingerprint density at radius 1 is 1.12 bits per heavy atom. The maximum Gasteiger partial charge on any atom is 0.356 e. The zero-order valence-electron chi connectivity index (χ0n) is 9.12. The molecule has 0 unspecified atom stereocenters. The van der Waals surface area contributed by atoms with Crippen molar-refractivity contribution in [1.82, 2.24) is 10.2 Å². The Morgan fingerprint density at radius 3 is 2.29 bits per heavy atom. The van der Waals surface area contributed by atoms with Crippen molar-refractivity contribution in [3.8, 4) is 17.0 Å². The van der Waals surface area contributed by atoms with Crippen LogP contribution in [0, 0.1) is 0 Å². The molecule has 0 saturated carbocycles. The van der Waals surface area contributed by atoms with E-state index < -0.39 is 5.97 Å². The number of rotatable bonds is 3. The van der Waals surface area contributed by atoms with Gasteiger partial charge in [0.15, 0.2) is 5.69 Å². The first-order valence-electron chi connectivity index (χ1n) is 4.92. The average molecular weight is 230 g/mol. The number of methoxy groups -OCH3 is 1. The van der Waals surface area contributed by atoms with Crippen LogP contribution in [0.2, 0.25) is 0 Å². The van der Waals surface area contributed by atoms with E-state index in [-0.39, 0.29) is 5.69 Å². The van der Waals surface area contributed by atoms with Gasteiger partial charge in [0.05, 0.1) is 12.8 Å². The van der Waals surface area contributed by atoms with Crippen molar-refractivity contribution in [2.45, 2.75) is 0 Å². The molecule has 0 radical (unpaired) electrons. The number of aromatic carboxylic acids is 1. The van der Waals surface area contributed by atoms with Crippen LogP contribution in [0.5, 0.6) is 5.75 Å². The van der Waals surface area contributed by atoms with Crippen LogP contribution in [0.3, 0.4) is 0 Å². The molecular formula is C12H10N2O3. The number of hydrogen-bond acceptors (Lipinski definition) is 4. The molecular weight excluding hydrogens is 220 g/mol. The Bertz CT molecular complexity index is 520. The molecule has 17 heavy (non-hydrogen) atoms. The highest BCUT2D eigenvalue weighted by molar-refractivity contribution is 5.85. The fourth-order valence-corrected chi connectivity index (χ4v) is 1.36. The molecule has 0 fully saturated rings. The fourth-order valence-electron chi connectivity index (χ4n) is 1.36. The third-order valence-electron chi connectivity index (χ3n) is 2.27. The second-order valence-corrected chi connectivity index (χ2v) is 3.34. The third-order valence-corrected chi connectivity index (χ3v) is 2.27. The lowest BCUT2D eigenvalue weighted by Gasteiger charge is -2.02. The third kappa shape index (κ3) is 2.39. The highest BCUT2D eigenvalue weighted by Crippen LogP contribution is 2.19. The Labute approximate surface area is 97.7 Å². The summed E-state index contributed by atoms with van der Waals surface area (Å²) in [7, 11) is 1.59. The number of nitrogens with zero attached hydrogens (tertiary/aromatic N) is 2. The van der Waals surface area contributed by atoms with Gasteiger partial charge in [-0.3, -0.25) is 0 Å². The number of carbonyl (C=O) groups is 1. The minimum absolute atomic E-state index is 0.0674. The van der Waals surface area contributed by atoms with Gasteiger partial charge in [0, 0.05) is 5.56 Å². The van der Waals surface area contributed by atoms with Crippen LogP contribution in [-0.2, 0) is 0 Å². The summed E-state index contributed by atoms with van der Waals surface area (Å²) in [5.41, 5.74) is 1.41. The lowest BCUT2D eigenvalue weighted by Crippen LogP contribution is -2.01. The van der Waals surface area contributed by atoms with E-state index in [0.29, 0.717) is 5.69 Å². The predicted octanol–water partition coefficient (Wildman–Crippen LogP) is 1.85. The number of carboxylic acids is 1. The van der Waals surface area contributed by atoms with Crippen molar-refractivity contribution in [3.63, 3.8) is 0 Å². The lowest BCUT2D eigenvalue weighted by atomic mass is 10.1. The Morgan fingerprint density at radius 2 is 1.82 bits per heavy atom.